The average Bonchev–Trinajstić information content (AvgIpc) is 3.21. The summed E-state index contributed by atoms with van der Waals surface area (Å²) in [7, 11) is 0. The highest BCUT2D eigenvalue weighted by Gasteiger charge is 2.21. The van der Waals surface area contributed by atoms with Crippen molar-refractivity contribution >= 4 is 11.6 Å². The number of halogens is 1. The van der Waals surface area contributed by atoms with Crippen molar-refractivity contribution in [1.29, 1.82) is 0 Å². The van der Waals surface area contributed by atoms with E-state index in [0.717, 1.165) is 48.4 Å². The highest BCUT2D eigenvalue weighted by Crippen LogP contribution is 2.29. The van der Waals surface area contributed by atoms with Gasteiger partial charge in [0.15, 0.2) is 6.79 Å². The molecule has 0 atom stereocenters. The molecule has 2 rings (SSSR count). The van der Waals surface area contributed by atoms with Gasteiger partial charge in [-0.1, -0.05) is 18.5 Å². The molecule has 0 heterocycles. The van der Waals surface area contributed by atoms with Gasteiger partial charge in [-0.25, -0.2) is 0 Å². The fourth-order valence-corrected chi connectivity index (χ4v) is 2.03. The van der Waals surface area contributed by atoms with E-state index in [1.54, 1.807) is 0 Å². The smallest absolute Gasteiger partial charge is 0.189 e. The summed E-state index contributed by atoms with van der Waals surface area (Å²) in [5.74, 6) is 1.61. The van der Waals surface area contributed by atoms with Crippen LogP contribution in [0.25, 0.3) is 0 Å². The summed E-state index contributed by atoms with van der Waals surface area (Å²) in [5.41, 5.74) is 1.08. The van der Waals surface area contributed by atoms with Gasteiger partial charge in [0.1, 0.15) is 5.75 Å². The molecule has 1 aliphatic carbocycles. The van der Waals surface area contributed by atoms with Crippen LogP contribution < -0.4 is 10.1 Å². The molecule has 0 aromatic heterocycles. The maximum Gasteiger partial charge on any atom is 0.189 e. The molecule has 106 valence electrons. The minimum absolute atomic E-state index is 0.318. The van der Waals surface area contributed by atoms with Crippen molar-refractivity contribution in [3.8, 4) is 5.75 Å². The quantitative estimate of drug-likeness (QED) is 0.555. The van der Waals surface area contributed by atoms with E-state index in [1.807, 2.05) is 18.2 Å². The van der Waals surface area contributed by atoms with Gasteiger partial charge in [-0.15, -0.1) is 0 Å². The van der Waals surface area contributed by atoms with Gasteiger partial charge in [-0.2, -0.15) is 0 Å². The number of ether oxygens (including phenoxy) is 2. The number of benzene rings is 1. The van der Waals surface area contributed by atoms with Crippen molar-refractivity contribution in [2.24, 2.45) is 5.92 Å². The van der Waals surface area contributed by atoms with Crippen molar-refractivity contribution < 1.29 is 9.47 Å². The molecule has 0 saturated heterocycles. The second-order valence-electron chi connectivity index (χ2n) is 5.01. The number of hydrogen-bond donors (Lipinski definition) is 1. The van der Waals surface area contributed by atoms with Crippen LogP contribution in [0.5, 0.6) is 5.75 Å². The van der Waals surface area contributed by atoms with Gasteiger partial charge in [0.25, 0.3) is 0 Å². The number of rotatable bonds is 9. The molecule has 0 radical (unpaired) electrons. The van der Waals surface area contributed by atoms with Gasteiger partial charge in [0.2, 0.25) is 0 Å². The Morgan fingerprint density at radius 3 is 2.95 bits per heavy atom. The van der Waals surface area contributed by atoms with E-state index in [0.29, 0.717) is 6.79 Å². The van der Waals surface area contributed by atoms with Crippen LogP contribution in [0.15, 0.2) is 18.2 Å². The molecule has 1 fully saturated rings. The summed E-state index contributed by atoms with van der Waals surface area (Å²) in [6.45, 7) is 5.04. The third-order valence-corrected chi connectivity index (χ3v) is 3.35. The van der Waals surface area contributed by atoms with E-state index in [1.165, 1.54) is 12.8 Å². The van der Waals surface area contributed by atoms with Crippen molar-refractivity contribution in [1.82, 2.24) is 5.32 Å². The number of hydrogen-bond acceptors (Lipinski definition) is 3. The lowest BCUT2D eigenvalue weighted by Gasteiger charge is -2.12. The Morgan fingerprint density at radius 1 is 1.37 bits per heavy atom. The van der Waals surface area contributed by atoms with Gasteiger partial charge in [0, 0.05) is 17.1 Å². The highest BCUT2D eigenvalue weighted by atomic mass is 35.5. The first-order valence-corrected chi connectivity index (χ1v) is 7.37. The maximum atomic E-state index is 6.03. The molecule has 0 spiro atoms. The minimum Gasteiger partial charge on any atom is -0.467 e. The topological polar surface area (TPSA) is 30.5 Å². The molecule has 1 saturated carbocycles. The average molecular weight is 284 g/mol. The van der Waals surface area contributed by atoms with E-state index in [9.17, 15) is 0 Å². The fraction of sp³-hybridized carbons (Fsp3) is 0.600. The maximum absolute atomic E-state index is 6.03. The van der Waals surface area contributed by atoms with Crippen LogP contribution in [0, 0.1) is 5.92 Å². The molecule has 3 nitrogen and oxygen atoms in total. The third-order valence-electron chi connectivity index (χ3n) is 3.11. The van der Waals surface area contributed by atoms with Crippen LogP contribution in [0.1, 0.15) is 31.7 Å². The summed E-state index contributed by atoms with van der Waals surface area (Å²) >= 11 is 6.03. The molecule has 1 N–H and O–H groups in total. The predicted molar refractivity (Wildman–Crippen MR) is 77.6 cm³/mol. The molecule has 1 aromatic rings. The van der Waals surface area contributed by atoms with Crippen molar-refractivity contribution in [3.63, 3.8) is 0 Å². The summed E-state index contributed by atoms with van der Waals surface area (Å²) in [6.07, 6.45) is 3.71. The van der Waals surface area contributed by atoms with E-state index in [4.69, 9.17) is 21.1 Å². The van der Waals surface area contributed by atoms with Gasteiger partial charge in [0.05, 0.1) is 6.61 Å². The lowest BCUT2D eigenvalue weighted by molar-refractivity contribution is 0.00942. The first kappa shape index (κ1) is 14.6. The van der Waals surface area contributed by atoms with Gasteiger partial charge >= 0.3 is 0 Å². The van der Waals surface area contributed by atoms with Crippen LogP contribution in [0.2, 0.25) is 5.02 Å². The minimum atomic E-state index is 0.318. The fourth-order valence-electron chi connectivity index (χ4n) is 1.83. The van der Waals surface area contributed by atoms with Crippen LogP contribution in [-0.4, -0.2) is 19.9 Å². The molecule has 1 aliphatic rings. The Labute approximate surface area is 120 Å². The van der Waals surface area contributed by atoms with Crippen LogP contribution >= 0.6 is 11.6 Å². The normalized spacial score (nSPS) is 14.6. The van der Waals surface area contributed by atoms with E-state index >= 15 is 0 Å². The van der Waals surface area contributed by atoms with E-state index in [-0.39, 0.29) is 0 Å². The lowest BCUT2D eigenvalue weighted by atomic mass is 10.2. The van der Waals surface area contributed by atoms with E-state index in [2.05, 4.69) is 12.2 Å². The number of nitrogens with one attached hydrogen (secondary N) is 1. The van der Waals surface area contributed by atoms with Crippen LogP contribution in [0.3, 0.4) is 0 Å². The SMILES string of the molecule is CCCNCc1cc(Cl)ccc1OCOCC1CC1. The summed E-state index contributed by atoms with van der Waals surface area (Å²) in [5, 5.41) is 4.09. The van der Waals surface area contributed by atoms with Crippen LogP contribution in [-0.2, 0) is 11.3 Å². The Bertz CT molecular complexity index is 394. The Hall–Kier alpha value is -0.770. The Balaban J connectivity index is 1.81. The van der Waals surface area contributed by atoms with Crippen LogP contribution in [0.4, 0.5) is 0 Å². The molecule has 1 aromatic carbocycles. The standard InChI is InChI=1S/C15H22ClNO2/c1-2-7-17-9-13-8-14(16)5-6-15(13)19-11-18-10-12-3-4-12/h5-6,8,12,17H,2-4,7,9-11H2,1H3. The van der Waals surface area contributed by atoms with Gasteiger partial charge < -0.3 is 14.8 Å². The first-order chi connectivity index (χ1) is 9.29. The molecule has 0 bridgehead atoms. The third kappa shape index (κ3) is 5.39. The first-order valence-electron chi connectivity index (χ1n) is 6.99. The van der Waals surface area contributed by atoms with Gasteiger partial charge in [-0.3, -0.25) is 0 Å². The predicted octanol–water partition coefficient (Wildman–Crippen LogP) is 3.60. The lowest BCUT2D eigenvalue weighted by Crippen LogP contribution is -2.15. The highest BCUT2D eigenvalue weighted by molar-refractivity contribution is 6.30. The molecule has 0 aliphatic heterocycles. The summed E-state index contributed by atoms with van der Waals surface area (Å²) < 4.78 is 11.2. The van der Waals surface area contributed by atoms with Crippen molar-refractivity contribution in [3.05, 3.63) is 28.8 Å². The van der Waals surface area contributed by atoms with Gasteiger partial charge in [-0.05, 0) is 49.9 Å². The Morgan fingerprint density at radius 2 is 2.21 bits per heavy atom. The summed E-state index contributed by atoms with van der Waals surface area (Å²) in [4.78, 5) is 0. The largest absolute Gasteiger partial charge is 0.467 e. The molecular formula is C15H22ClNO2. The Kier molecular flexibility index (Phi) is 5.95. The second-order valence-corrected chi connectivity index (χ2v) is 5.44. The summed E-state index contributed by atoms with van der Waals surface area (Å²) in [6, 6.07) is 5.70. The van der Waals surface area contributed by atoms with Crippen molar-refractivity contribution in [2.75, 3.05) is 19.9 Å². The zero-order valence-corrected chi connectivity index (χ0v) is 12.2. The zero-order valence-electron chi connectivity index (χ0n) is 11.5. The molecule has 0 unspecified atom stereocenters. The molecule has 4 heteroatoms. The molecular weight excluding hydrogens is 262 g/mol. The molecule has 0 amide bonds. The monoisotopic (exact) mass is 283 g/mol. The van der Waals surface area contributed by atoms with E-state index < -0.39 is 0 Å². The molecule has 19 heavy (non-hydrogen) atoms. The zero-order chi connectivity index (χ0) is 13.5. The van der Waals surface area contributed by atoms with Crippen molar-refractivity contribution in [2.45, 2.75) is 32.7 Å². The second kappa shape index (κ2) is 7.73.